The fraction of sp³-hybridized carbons (Fsp3) is 0.263. The van der Waals surface area contributed by atoms with Gasteiger partial charge in [0.15, 0.2) is 14.2 Å². The van der Waals surface area contributed by atoms with Crippen LogP contribution in [0, 0.1) is 0 Å². The number of fused-ring (bicyclic) bond motifs is 1. The number of thiazole rings is 1. The second kappa shape index (κ2) is 8.02. The van der Waals surface area contributed by atoms with Gasteiger partial charge in [0.2, 0.25) is 5.91 Å². The van der Waals surface area contributed by atoms with Crippen LogP contribution in [0.1, 0.15) is 6.42 Å². The average Bonchev–Trinajstić information content (AvgIpc) is 3.23. The van der Waals surface area contributed by atoms with Gasteiger partial charge in [-0.1, -0.05) is 41.6 Å². The number of hydrogen-bond donors (Lipinski definition) is 0. The van der Waals surface area contributed by atoms with Gasteiger partial charge in [-0.2, -0.15) is 0 Å². The van der Waals surface area contributed by atoms with Crippen molar-refractivity contribution in [2.75, 3.05) is 22.2 Å². The van der Waals surface area contributed by atoms with Gasteiger partial charge >= 0.3 is 0 Å². The first kappa shape index (κ1) is 19.7. The largest absolute Gasteiger partial charge is 0.308 e. The number of halogens is 1. The Bertz CT molecular complexity index is 1120. The molecule has 9 heteroatoms. The number of carbonyl (C=O) groups excluding carboxylic acids is 1. The molecule has 2 heterocycles. The van der Waals surface area contributed by atoms with E-state index in [0.717, 1.165) is 20.2 Å². The van der Waals surface area contributed by atoms with E-state index in [1.165, 1.54) is 23.1 Å². The van der Waals surface area contributed by atoms with Crippen LogP contribution in [0.25, 0.3) is 10.2 Å². The Morgan fingerprint density at radius 2 is 2.04 bits per heavy atom. The molecule has 1 fully saturated rings. The van der Waals surface area contributed by atoms with Gasteiger partial charge in [-0.25, -0.2) is 13.4 Å². The molecular formula is C19H17ClN2O3S3. The number of thioether (sulfide) groups is 1. The van der Waals surface area contributed by atoms with Crippen molar-refractivity contribution in [3.05, 3.63) is 53.6 Å². The third kappa shape index (κ3) is 4.35. The van der Waals surface area contributed by atoms with E-state index in [1.807, 2.05) is 42.5 Å². The predicted molar refractivity (Wildman–Crippen MR) is 116 cm³/mol. The summed E-state index contributed by atoms with van der Waals surface area (Å²) in [6.07, 6.45) is 0.466. The highest BCUT2D eigenvalue weighted by Gasteiger charge is 2.35. The summed E-state index contributed by atoms with van der Waals surface area (Å²) in [6, 6.07) is 14.5. The normalized spacial score (nSPS) is 18.4. The summed E-state index contributed by atoms with van der Waals surface area (Å²) in [7, 11) is -3.09. The van der Waals surface area contributed by atoms with Crippen molar-refractivity contribution in [3.8, 4) is 0 Å². The van der Waals surface area contributed by atoms with Gasteiger partial charge in [0.05, 0.1) is 33.5 Å². The predicted octanol–water partition coefficient (Wildman–Crippen LogP) is 4.26. The molecule has 1 atom stereocenters. The van der Waals surface area contributed by atoms with Crippen LogP contribution >= 0.6 is 34.7 Å². The molecule has 146 valence electrons. The van der Waals surface area contributed by atoms with E-state index in [2.05, 4.69) is 4.98 Å². The quantitative estimate of drug-likeness (QED) is 0.541. The smallest absolute Gasteiger partial charge is 0.237 e. The maximum absolute atomic E-state index is 13.1. The first-order chi connectivity index (χ1) is 13.4. The van der Waals surface area contributed by atoms with Gasteiger partial charge in [0.25, 0.3) is 0 Å². The molecule has 0 bridgehead atoms. The molecule has 0 spiro atoms. The number of benzene rings is 2. The molecule has 5 nitrogen and oxygen atoms in total. The molecule has 0 saturated carbocycles. The van der Waals surface area contributed by atoms with E-state index in [0.29, 0.717) is 11.4 Å². The van der Waals surface area contributed by atoms with E-state index in [1.54, 1.807) is 11.0 Å². The highest BCUT2D eigenvalue weighted by molar-refractivity contribution is 8.01. The number of hydrogen-bond acceptors (Lipinski definition) is 6. The van der Waals surface area contributed by atoms with Gasteiger partial charge in [0.1, 0.15) is 0 Å². The van der Waals surface area contributed by atoms with Crippen LogP contribution in [0.15, 0.2) is 52.9 Å². The average molecular weight is 453 g/mol. The molecule has 1 aromatic heterocycles. The summed E-state index contributed by atoms with van der Waals surface area (Å²) in [4.78, 5) is 19.2. The van der Waals surface area contributed by atoms with E-state index in [9.17, 15) is 13.2 Å². The highest BCUT2D eigenvalue weighted by atomic mass is 35.5. The van der Waals surface area contributed by atoms with Crippen LogP contribution < -0.4 is 4.90 Å². The minimum atomic E-state index is -3.09. The number of sulfone groups is 1. The zero-order chi connectivity index (χ0) is 19.7. The van der Waals surface area contributed by atoms with Gasteiger partial charge in [-0.05, 0) is 36.8 Å². The Morgan fingerprint density at radius 3 is 2.75 bits per heavy atom. The lowest BCUT2D eigenvalue weighted by atomic mass is 10.2. The number of amides is 1. The fourth-order valence-electron chi connectivity index (χ4n) is 3.26. The molecule has 1 aliphatic heterocycles. The van der Waals surface area contributed by atoms with Crippen molar-refractivity contribution in [1.29, 1.82) is 0 Å². The molecule has 0 radical (unpaired) electrons. The van der Waals surface area contributed by atoms with E-state index < -0.39 is 9.84 Å². The molecule has 2 aromatic carbocycles. The molecule has 4 rings (SSSR count). The van der Waals surface area contributed by atoms with Crippen molar-refractivity contribution in [3.63, 3.8) is 0 Å². The summed E-state index contributed by atoms with van der Waals surface area (Å²) in [6.45, 7) is 0. The van der Waals surface area contributed by atoms with Crippen molar-refractivity contribution in [1.82, 2.24) is 4.98 Å². The Kier molecular flexibility index (Phi) is 5.64. The zero-order valence-corrected chi connectivity index (χ0v) is 18.0. The molecule has 1 amide bonds. The number of carbonyl (C=O) groups is 1. The van der Waals surface area contributed by atoms with Crippen LogP contribution in [-0.4, -0.2) is 42.6 Å². The number of aromatic nitrogens is 1. The first-order valence-electron chi connectivity index (χ1n) is 8.68. The Morgan fingerprint density at radius 1 is 1.25 bits per heavy atom. The van der Waals surface area contributed by atoms with Crippen LogP contribution in [0.3, 0.4) is 0 Å². The Hall–Kier alpha value is -1.61. The minimum Gasteiger partial charge on any atom is -0.308 e. The fourth-order valence-corrected chi connectivity index (χ4v) is 7.03. The van der Waals surface area contributed by atoms with Gasteiger partial charge in [-0.15, -0.1) is 11.3 Å². The summed E-state index contributed by atoms with van der Waals surface area (Å²) in [5, 5.41) is 0.628. The maximum atomic E-state index is 13.1. The van der Waals surface area contributed by atoms with Crippen molar-refractivity contribution >= 4 is 66.3 Å². The first-order valence-corrected chi connectivity index (χ1v) is 12.7. The minimum absolute atomic E-state index is 0.0118. The monoisotopic (exact) mass is 452 g/mol. The van der Waals surface area contributed by atoms with Crippen molar-refractivity contribution < 1.29 is 13.2 Å². The molecule has 1 unspecified atom stereocenters. The highest BCUT2D eigenvalue weighted by Crippen LogP contribution is 2.32. The Balaban J connectivity index is 1.53. The molecule has 1 aliphatic rings. The second-order valence-electron chi connectivity index (χ2n) is 6.54. The van der Waals surface area contributed by atoms with Crippen LogP contribution in [0.2, 0.25) is 5.02 Å². The van der Waals surface area contributed by atoms with Crippen molar-refractivity contribution in [2.45, 2.75) is 16.8 Å². The molecule has 1 saturated heterocycles. The van der Waals surface area contributed by atoms with Crippen LogP contribution in [0.5, 0.6) is 0 Å². The zero-order valence-electron chi connectivity index (χ0n) is 14.7. The number of anilines is 1. The third-order valence-corrected chi connectivity index (χ3v) is 8.68. The molecule has 0 aliphatic carbocycles. The molecule has 3 aromatic rings. The standard InChI is InChI=1S/C19H17ClN2O3S3/c20-13-6-7-17-16(10-13)21-19(27-17)26-11-18(23)22(14-4-2-1-3-5-14)15-8-9-28(24,25)12-15/h1-7,10,15H,8-9,11-12H2. The molecule has 0 N–H and O–H groups in total. The van der Waals surface area contributed by atoms with E-state index in [4.69, 9.17) is 11.6 Å². The van der Waals surface area contributed by atoms with Crippen LogP contribution in [-0.2, 0) is 14.6 Å². The van der Waals surface area contributed by atoms with Gasteiger partial charge in [0, 0.05) is 10.7 Å². The SMILES string of the molecule is O=C(CSc1nc2cc(Cl)ccc2s1)N(c1ccccc1)C1CCS(=O)(=O)C1. The summed E-state index contributed by atoms with van der Waals surface area (Å²) in [5.74, 6) is 0.215. The maximum Gasteiger partial charge on any atom is 0.237 e. The second-order valence-corrected chi connectivity index (χ2v) is 11.5. The summed E-state index contributed by atoms with van der Waals surface area (Å²) < 4.78 is 25.7. The topological polar surface area (TPSA) is 67.3 Å². The lowest BCUT2D eigenvalue weighted by molar-refractivity contribution is -0.116. The number of rotatable bonds is 5. The van der Waals surface area contributed by atoms with Crippen molar-refractivity contribution in [2.24, 2.45) is 0 Å². The van der Waals surface area contributed by atoms with E-state index in [-0.39, 0.29) is 29.2 Å². The lowest BCUT2D eigenvalue weighted by Crippen LogP contribution is -2.42. The third-order valence-electron chi connectivity index (χ3n) is 4.53. The van der Waals surface area contributed by atoms with Crippen LogP contribution in [0.4, 0.5) is 5.69 Å². The summed E-state index contributed by atoms with van der Waals surface area (Å²) in [5.41, 5.74) is 1.54. The molecule has 28 heavy (non-hydrogen) atoms. The Labute approximate surface area is 176 Å². The lowest BCUT2D eigenvalue weighted by Gasteiger charge is -2.28. The molecular weight excluding hydrogens is 436 g/mol. The summed E-state index contributed by atoms with van der Waals surface area (Å²) >= 11 is 8.89. The number of nitrogens with zero attached hydrogens (tertiary/aromatic N) is 2. The van der Waals surface area contributed by atoms with Gasteiger partial charge in [-0.3, -0.25) is 4.79 Å². The van der Waals surface area contributed by atoms with E-state index >= 15 is 0 Å². The van der Waals surface area contributed by atoms with Gasteiger partial charge < -0.3 is 4.90 Å². The number of para-hydroxylation sites is 1.